The molecular weight excluding hydrogens is 237 g/mol. The van der Waals surface area contributed by atoms with Gasteiger partial charge >= 0.3 is 5.97 Å². The van der Waals surface area contributed by atoms with Crippen LogP contribution in [0.15, 0.2) is 24.3 Å². The van der Waals surface area contributed by atoms with Crippen molar-refractivity contribution in [1.82, 2.24) is 0 Å². The third-order valence-electron chi connectivity index (χ3n) is 3.15. The quantitative estimate of drug-likeness (QED) is 0.889. The molecule has 0 radical (unpaired) electrons. The van der Waals surface area contributed by atoms with Gasteiger partial charge in [-0.3, -0.25) is 9.59 Å². The lowest BCUT2D eigenvalue weighted by Crippen LogP contribution is -2.32. The summed E-state index contributed by atoms with van der Waals surface area (Å²) in [6.45, 7) is 2.24. The zero-order chi connectivity index (χ0) is 13.3. The first-order chi connectivity index (χ1) is 8.54. The van der Waals surface area contributed by atoms with Crippen LogP contribution >= 0.6 is 0 Å². The Morgan fingerprint density at radius 1 is 1.33 bits per heavy atom. The Hall–Kier alpha value is -1.91. The molecule has 18 heavy (non-hydrogen) atoms. The van der Waals surface area contributed by atoms with Crippen LogP contribution in [0.5, 0.6) is 0 Å². The van der Waals surface area contributed by atoms with Gasteiger partial charge in [-0.15, -0.1) is 0 Å². The van der Waals surface area contributed by atoms with Gasteiger partial charge < -0.3 is 10.0 Å². The fourth-order valence-electron chi connectivity index (χ4n) is 2.03. The maximum atomic E-state index is 12.8. The van der Waals surface area contributed by atoms with E-state index in [0.29, 0.717) is 18.7 Å². The molecule has 0 aromatic heterocycles. The van der Waals surface area contributed by atoms with Crippen molar-refractivity contribution < 1.29 is 19.1 Å². The molecule has 5 heteroatoms. The van der Waals surface area contributed by atoms with E-state index >= 15 is 0 Å². The summed E-state index contributed by atoms with van der Waals surface area (Å²) in [4.78, 5) is 24.3. The van der Waals surface area contributed by atoms with E-state index in [4.69, 9.17) is 5.11 Å². The molecule has 1 aromatic rings. The Kier molecular flexibility index (Phi) is 3.32. The summed E-state index contributed by atoms with van der Waals surface area (Å²) in [5.41, 5.74) is 0.597. The van der Waals surface area contributed by atoms with E-state index in [2.05, 4.69) is 0 Å². The highest BCUT2D eigenvalue weighted by Crippen LogP contribution is 2.40. The van der Waals surface area contributed by atoms with Gasteiger partial charge in [0.1, 0.15) is 5.82 Å². The van der Waals surface area contributed by atoms with Crippen LogP contribution in [0.2, 0.25) is 0 Å². The number of aliphatic carboxylic acids is 1. The van der Waals surface area contributed by atoms with Gasteiger partial charge in [-0.05, 0) is 37.6 Å². The second-order valence-corrected chi connectivity index (χ2v) is 4.35. The number of hydrogen-bond acceptors (Lipinski definition) is 2. The molecule has 4 nitrogen and oxygen atoms in total. The molecule has 0 saturated heterocycles. The van der Waals surface area contributed by atoms with Crippen LogP contribution in [-0.4, -0.2) is 23.5 Å². The molecule has 2 rings (SSSR count). The van der Waals surface area contributed by atoms with Gasteiger partial charge in [0.15, 0.2) is 0 Å². The summed E-state index contributed by atoms with van der Waals surface area (Å²) in [5.74, 6) is -2.49. The fourth-order valence-corrected chi connectivity index (χ4v) is 2.03. The van der Waals surface area contributed by atoms with Gasteiger partial charge in [0.25, 0.3) is 0 Å². The number of carbonyl (C=O) groups excluding carboxylic acids is 1. The summed E-state index contributed by atoms with van der Waals surface area (Å²) in [6, 6.07) is 5.61. The van der Waals surface area contributed by atoms with Gasteiger partial charge in [-0.25, -0.2) is 4.39 Å². The molecule has 0 spiro atoms. The van der Waals surface area contributed by atoms with Crippen LogP contribution < -0.4 is 4.90 Å². The van der Waals surface area contributed by atoms with E-state index in [0.717, 1.165) is 0 Å². The van der Waals surface area contributed by atoms with E-state index in [1.54, 1.807) is 6.92 Å². The van der Waals surface area contributed by atoms with Crippen molar-refractivity contribution in [3.63, 3.8) is 0 Å². The van der Waals surface area contributed by atoms with Crippen LogP contribution in [0.4, 0.5) is 10.1 Å². The van der Waals surface area contributed by atoms with Crippen molar-refractivity contribution in [1.29, 1.82) is 0 Å². The summed E-state index contributed by atoms with van der Waals surface area (Å²) < 4.78 is 12.8. The van der Waals surface area contributed by atoms with E-state index in [9.17, 15) is 14.0 Å². The standard InChI is InChI=1S/C13H14FNO3/c1-2-15(9-5-3-8(14)4-6-9)12(16)10-7-11(10)13(17)18/h3-6,10-11H,2,7H2,1H3,(H,17,18). The van der Waals surface area contributed by atoms with E-state index in [1.807, 2.05) is 0 Å². The van der Waals surface area contributed by atoms with Crippen LogP contribution in [0.25, 0.3) is 0 Å². The number of benzene rings is 1. The molecule has 1 saturated carbocycles. The number of hydrogen-bond donors (Lipinski definition) is 1. The van der Waals surface area contributed by atoms with Crippen molar-refractivity contribution in [2.45, 2.75) is 13.3 Å². The monoisotopic (exact) mass is 251 g/mol. The molecule has 2 unspecified atom stereocenters. The smallest absolute Gasteiger partial charge is 0.307 e. The Morgan fingerprint density at radius 2 is 1.94 bits per heavy atom. The predicted molar refractivity (Wildman–Crippen MR) is 63.7 cm³/mol. The number of carbonyl (C=O) groups is 2. The second-order valence-electron chi connectivity index (χ2n) is 4.35. The molecule has 1 fully saturated rings. The van der Waals surface area contributed by atoms with Crippen LogP contribution in [0.1, 0.15) is 13.3 Å². The molecule has 1 aliphatic carbocycles. The Labute approximate surface area is 104 Å². The number of carboxylic acids is 1. The maximum absolute atomic E-state index is 12.8. The highest BCUT2D eigenvalue weighted by atomic mass is 19.1. The zero-order valence-corrected chi connectivity index (χ0v) is 9.97. The minimum Gasteiger partial charge on any atom is -0.481 e. The number of rotatable bonds is 4. The molecule has 2 atom stereocenters. The minimum atomic E-state index is -0.927. The SMILES string of the molecule is CCN(C(=O)C1CC1C(=O)O)c1ccc(F)cc1. The lowest BCUT2D eigenvalue weighted by molar-refractivity contribution is -0.140. The molecule has 1 aliphatic rings. The normalized spacial score (nSPS) is 21.4. The number of nitrogens with zero attached hydrogens (tertiary/aromatic N) is 1. The number of carboxylic acid groups (broad SMARTS) is 1. The van der Waals surface area contributed by atoms with Crippen molar-refractivity contribution >= 4 is 17.6 Å². The first-order valence-electron chi connectivity index (χ1n) is 5.84. The molecule has 1 amide bonds. The lowest BCUT2D eigenvalue weighted by Gasteiger charge is -2.21. The average Bonchev–Trinajstić information content (AvgIpc) is 3.12. The molecule has 0 aliphatic heterocycles. The number of anilines is 1. The summed E-state index contributed by atoms with van der Waals surface area (Å²) >= 11 is 0. The number of halogens is 1. The molecular formula is C13H14FNO3. The fraction of sp³-hybridized carbons (Fsp3) is 0.385. The van der Waals surface area contributed by atoms with Crippen LogP contribution in [0, 0.1) is 17.7 Å². The molecule has 1 N–H and O–H groups in total. The van der Waals surface area contributed by atoms with Gasteiger partial charge in [0.2, 0.25) is 5.91 Å². The van der Waals surface area contributed by atoms with Gasteiger partial charge in [-0.1, -0.05) is 0 Å². The van der Waals surface area contributed by atoms with Gasteiger partial charge in [-0.2, -0.15) is 0 Å². The van der Waals surface area contributed by atoms with Crippen molar-refractivity contribution in [2.24, 2.45) is 11.8 Å². The zero-order valence-electron chi connectivity index (χ0n) is 9.97. The molecule has 0 heterocycles. The highest BCUT2D eigenvalue weighted by molar-refractivity contribution is 6.00. The Bertz CT molecular complexity index is 472. The van der Waals surface area contributed by atoms with Crippen LogP contribution in [0.3, 0.4) is 0 Å². The molecule has 0 bridgehead atoms. The van der Waals surface area contributed by atoms with Crippen molar-refractivity contribution in [3.05, 3.63) is 30.1 Å². The summed E-state index contributed by atoms with van der Waals surface area (Å²) in [5, 5.41) is 8.81. The third kappa shape index (κ3) is 2.34. The Balaban J connectivity index is 2.12. The number of amides is 1. The van der Waals surface area contributed by atoms with E-state index < -0.39 is 17.8 Å². The lowest BCUT2D eigenvalue weighted by atomic mass is 10.2. The van der Waals surface area contributed by atoms with E-state index in [1.165, 1.54) is 29.2 Å². The minimum absolute atomic E-state index is 0.198. The van der Waals surface area contributed by atoms with Crippen molar-refractivity contribution in [3.8, 4) is 0 Å². The molecule has 1 aromatic carbocycles. The van der Waals surface area contributed by atoms with Gasteiger partial charge in [0, 0.05) is 12.2 Å². The second kappa shape index (κ2) is 4.76. The topological polar surface area (TPSA) is 57.6 Å². The average molecular weight is 251 g/mol. The summed E-state index contributed by atoms with van der Waals surface area (Å²) in [6.07, 6.45) is 0.395. The highest BCUT2D eigenvalue weighted by Gasteiger charge is 2.49. The third-order valence-corrected chi connectivity index (χ3v) is 3.15. The summed E-state index contributed by atoms with van der Waals surface area (Å²) in [7, 11) is 0. The Morgan fingerprint density at radius 3 is 2.39 bits per heavy atom. The first-order valence-corrected chi connectivity index (χ1v) is 5.84. The van der Waals surface area contributed by atoms with E-state index in [-0.39, 0.29) is 11.7 Å². The van der Waals surface area contributed by atoms with Crippen LogP contribution in [-0.2, 0) is 9.59 Å². The van der Waals surface area contributed by atoms with Gasteiger partial charge in [0.05, 0.1) is 11.8 Å². The first kappa shape index (κ1) is 12.5. The predicted octanol–water partition coefficient (Wildman–Crippen LogP) is 1.90. The van der Waals surface area contributed by atoms with Crippen molar-refractivity contribution in [2.75, 3.05) is 11.4 Å². The molecule has 96 valence electrons. The largest absolute Gasteiger partial charge is 0.481 e. The maximum Gasteiger partial charge on any atom is 0.307 e.